The van der Waals surface area contributed by atoms with E-state index >= 15 is 0 Å². The smallest absolute Gasteiger partial charge is 0.287 e. The van der Waals surface area contributed by atoms with Gasteiger partial charge in [-0.3, -0.25) is 4.79 Å². The molecular formula is C17H22ClNO2. The normalized spacial score (nSPS) is 12.9. The van der Waals surface area contributed by atoms with Crippen molar-refractivity contribution in [1.29, 1.82) is 0 Å². The summed E-state index contributed by atoms with van der Waals surface area (Å²) in [6.45, 7) is 8.26. The number of rotatable bonds is 5. The van der Waals surface area contributed by atoms with Gasteiger partial charge >= 0.3 is 0 Å². The quantitative estimate of drug-likeness (QED) is 0.849. The van der Waals surface area contributed by atoms with Crippen molar-refractivity contribution < 1.29 is 9.21 Å². The molecule has 1 aromatic carbocycles. The lowest BCUT2D eigenvalue weighted by atomic mass is 10.0. The maximum Gasteiger partial charge on any atom is 0.287 e. The molecule has 1 amide bonds. The number of carbonyl (C=O) groups is 1. The Kier molecular flexibility index (Phi) is 4.94. The van der Waals surface area contributed by atoms with E-state index in [4.69, 9.17) is 16.0 Å². The first-order valence-corrected chi connectivity index (χ1v) is 7.76. The Morgan fingerprint density at radius 3 is 2.62 bits per heavy atom. The van der Waals surface area contributed by atoms with Crippen molar-refractivity contribution in [1.82, 2.24) is 5.32 Å². The zero-order valence-electron chi connectivity index (χ0n) is 13.0. The van der Waals surface area contributed by atoms with E-state index in [1.807, 2.05) is 26.0 Å². The Morgan fingerprint density at radius 2 is 2.00 bits per heavy atom. The third kappa shape index (κ3) is 3.59. The zero-order valence-corrected chi connectivity index (χ0v) is 13.8. The molecule has 3 nitrogen and oxygen atoms in total. The molecule has 0 radical (unpaired) electrons. The summed E-state index contributed by atoms with van der Waals surface area (Å²) in [5.74, 6) is 0.821. The summed E-state index contributed by atoms with van der Waals surface area (Å²) in [6, 6.07) is 5.67. The lowest BCUT2D eigenvalue weighted by molar-refractivity contribution is 0.0910. The van der Waals surface area contributed by atoms with Crippen molar-refractivity contribution in [3.05, 3.63) is 34.5 Å². The van der Waals surface area contributed by atoms with Crippen molar-refractivity contribution in [2.24, 2.45) is 5.92 Å². The number of para-hydroxylation sites is 1. The van der Waals surface area contributed by atoms with E-state index in [1.165, 1.54) is 0 Å². The highest BCUT2D eigenvalue weighted by Crippen LogP contribution is 2.30. The highest BCUT2D eigenvalue weighted by atomic mass is 35.5. The SMILES string of the molecule is Cc1c(C(=O)NC(C)CCC(C)C)oc2c(Cl)cccc12. The van der Waals surface area contributed by atoms with Crippen LogP contribution in [-0.2, 0) is 0 Å². The van der Waals surface area contributed by atoms with Crippen LogP contribution in [-0.4, -0.2) is 11.9 Å². The van der Waals surface area contributed by atoms with Crippen LogP contribution in [0.25, 0.3) is 11.0 Å². The molecule has 1 atom stereocenters. The molecule has 1 aromatic heterocycles. The number of carbonyl (C=O) groups excluding carboxylic acids is 1. The average molecular weight is 308 g/mol. The minimum atomic E-state index is -0.170. The summed E-state index contributed by atoms with van der Waals surface area (Å²) in [7, 11) is 0. The van der Waals surface area contributed by atoms with E-state index in [0.29, 0.717) is 22.3 Å². The Hall–Kier alpha value is -1.48. The highest BCUT2D eigenvalue weighted by molar-refractivity contribution is 6.35. The van der Waals surface area contributed by atoms with Gasteiger partial charge < -0.3 is 9.73 Å². The van der Waals surface area contributed by atoms with E-state index < -0.39 is 0 Å². The van der Waals surface area contributed by atoms with Crippen molar-refractivity contribution in [2.45, 2.75) is 46.6 Å². The Bertz CT molecular complexity index is 646. The number of hydrogen-bond acceptors (Lipinski definition) is 2. The number of fused-ring (bicyclic) bond motifs is 1. The van der Waals surface area contributed by atoms with Gasteiger partial charge in [0, 0.05) is 17.0 Å². The Balaban J connectivity index is 2.16. The summed E-state index contributed by atoms with van der Waals surface area (Å²) >= 11 is 6.11. The number of furan rings is 1. The van der Waals surface area contributed by atoms with Crippen molar-refractivity contribution >= 4 is 28.5 Å². The minimum Gasteiger partial charge on any atom is -0.449 e. The minimum absolute atomic E-state index is 0.128. The fraction of sp³-hybridized carbons (Fsp3) is 0.471. The van der Waals surface area contributed by atoms with Crippen molar-refractivity contribution in [2.75, 3.05) is 0 Å². The first-order valence-electron chi connectivity index (χ1n) is 7.38. The van der Waals surface area contributed by atoms with Crippen LogP contribution >= 0.6 is 11.6 Å². The molecule has 2 aromatic rings. The van der Waals surface area contributed by atoms with Crippen LogP contribution in [0.1, 0.15) is 49.7 Å². The number of aryl methyl sites for hydroxylation is 1. The number of halogens is 1. The molecule has 0 saturated heterocycles. The van der Waals surface area contributed by atoms with E-state index in [1.54, 1.807) is 6.07 Å². The Morgan fingerprint density at radius 1 is 1.29 bits per heavy atom. The molecule has 114 valence electrons. The van der Waals surface area contributed by atoms with E-state index in [9.17, 15) is 4.79 Å². The van der Waals surface area contributed by atoms with Crippen LogP contribution in [0.3, 0.4) is 0 Å². The summed E-state index contributed by atoms with van der Waals surface area (Å²) in [5, 5.41) is 4.42. The summed E-state index contributed by atoms with van der Waals surface area (Å²) in [6.07, 6.45) is 2.05. The molecule has 0 aliphatic carbocycles. The summed E-state index contributed by atoms with van der Waals surface area (Å²) < 4.78 is 5.67. The van der Waals surface area contributed by atoms with Gasteiger partial charge in [-0.05, 0) is 38.7 Å². The monoisotopic (exact) mass is 307 g/mol. The van der Waals surface area contributed by atoms with Crippen LogP contribution in [0.4, 0.5) is 0 Å². The van der Waals surface area contributed by atoms with Gasteiger partial charge in [0.15, 0.2) is 11.3 Å². The van der Waals surface area contributed by atoms with Crippen molar-refractivity contribution in [3.63, 3.8) is 0 Å². The second-order valence-corrected chi connectivity index (χ2v) is 6.43. The molecule has 1 heterocycles. The standard InChI is InChI=1S/C17H22ClNO2/c1-10(2)8-9-11(3)19-17(20)15-12(4)13-6-5-7-14(18)16(13)21-15/h5-7,10-11H,8-9H2,1-4H3,(H,19,20). The van der Waals surface area contributed by atoms with Gasteiger partial charge in [-0.1, -0.05) is 37.6 Å². The van der Waals surface area contributed by atoms with Crippen LogP contribution in [0.15, 0.2) is 22.6 Å². The molecule has 0 aliphatic heterocycles. The molecule has 0 aliphatic rings. The molecule has 21 heavy (non-hydrogen) atoms. The number of hydrogen-bond donors (Lipinski definition) is 1. The van der Waals surface area contributed by atoms with Gasteiger partial charge in [0.05, 0.1) is 5.02 Å². The predicted octanol–water partition coefficient (Wildman–Crippen LogP) is 4.95. The number of nitrogens with one attached hydrogen (secondary N) is 1. The van der Waals surface area contributed by atoms with Gasteiger partial charge in [0.25, 0.3) is 5.91 Å². The van der Waals surface area contributed by atoms with Crippen molar-refractivity contribution in [3.8, 4) is 0 Å². The summed E-state index contributed by atoms with van der Waals surface area (Å²) in [5.41, 5.74) is 1.41. The first-order chi connectivity index (χ1) is 9.90. The number of benzene rings is 1. The van der Waals surface area contributed by atoms with Gasteiger partial charge in [-0.25, -0.2) is 0 Å². The third-order valence-electron chi connectivity index (χ3n) is 3.68. The predicted molar refractivity (Wildman–Crippen MR) is 87.0 cm³/mol. The van der Waals surface area contributed by atoms with E-state index in [0.717, 1.165) is 23.8 Å². The molecule has 0 bridgehead atoms. The molecule has 0 fully saturated rings. The van der Waals surface area contributed by atoms with Gasteiger partial charge in [0.1, 0.15) is 0 Å². The topological polar surface area (TPSA) is 42.2 Å². The second-order valence-electron chi connectivity index (χ2n) is 6.02. The largest absolute Gasteiger partial charge is 0.449 e. The Labute approximate surface area is 130 Å². The molecule has 1 unspecified atom stereocenters. The fourth-order valence-corrected chi connectivity index (χ4v) is 2.58. The molecule has 0 spiro atoms. The molecule has 4 heteroatoms. The second kappa shape index (κ2) is 6.52. The fourth-order valence-electron chi connectivity index (χ4n) is 2.37. The van der Waals surface area contributed by atoms with E-state index in [2.05, 4.69) is 19.2 Å². The molecule has 0 saturated carbocycles. The van der Waals surface area contributed by atoms with Crippen LogP contribution in [0, 0.1) is 12.8 Å². The summed E-state index contributed by atoms with van der Waals surface area (Å²) in [4.78, 5) is 12.4. The molecular weight excluding hydrogens is 286 g/mol. The average Bonchev–Trinajstić information content (AvgIpc) is 2.76. The molecule has 2 rings (SSSR count). The zero-order chi connectivity index (χ0) is 15.6. The lowest BCUT2D eigenvalue weighted by Crippen LogP contribution is -2.32. The highest BCUT2D eigenvalue weighted by Gasteiger charge is 2.20. The van der Waals surface area contributed by atoms with Crippen LogP contribution in [0.5, 0.6) is 0 Å². The molecule has 1 N–H and O–H groups in total. The van der Waals surface area contributed by atoms with E-state index in [-0.39, 0.29) is 11.9 Å². The van der Waals surface area contributed by atoms with Crippen LogP contribution < -0.4 is 5.32 Å². The maximum atomic E-state index is 12.4. The van der Waals surface area contributed by atoms with Crippen LogP contribution in [0.2, 0.25) is 5.02 Å². The number of amides is 1. The lowest BCUT2D eigenvalue weighted by Gasteiger charge is -2.14. The van der Waals surface area contributed by atoms with Gasteiger partial charge in [0.2, 0.25) is 0 Å². The first kappa shape index (κ1) is 15.9. The third-order valence-corrected chi connectivity index (χ3v) is 3.97. The van der Waals surface area contributed by atoms with Gasteiger partial charge in [-0.15, -0.1) is 0 Å². The maximum absolute atomic E-state index is 12.4. The van der Waals surface area contributed by atoms with Gasteiger partial charge in [-0.2, -0.15) is 0 Å².